The number of allylic oxidation sites excluding steroid dienone is 4. The number of nitrogens with zero attached hydrogens (tertiary/aromatic N) is 4. The van der Waals surface area contributed by atoms with Crippen LogP contribution in [0.1, 0.15) is 22.6 Å². The number of fused-ring (bicyclic) bond motifs is 1. The van der Waals surface area contributed by atoms with Crippen LogP contribution in [0.3, 0.4) is 0 Å². The first-order valence-corrected chi connectivity index (χ1v) is 9.32. The van der Waals surface area contributed by atoms with E-state index in [1.54, 1.807) is 12.4 Å². The van der Waals surface area contributed by atoms with Crippen LogP contribution in [-0.4, -0.2) is 21.8 Å². The van der Waals surface area contributed by atoms with Gasteiger partial charge in [0.05, 0.1) is 29.2 Å². The Bertz CT molecular complexity index is 1180. The fourth-order valence-electron chi connectivity index (χ4n) is 3.53. The van der Waals surface area contributed by atoms with E-state index in [9.17, 15) is 0 Å². The molecule has 0 amide bonds. The van der Waals surface area contributed by atoms with E-state index in [0.717, 1.165) is 51.1 Å². The number of aryl methyl sites for hydroxylation is 2. The van der Waals surface area contributed by atoms with Crippen LogP contribution in [0, 0.1) is 13.8 Å². The van der Waals surface area contributed by atoms with Crippen LogP contribution in [-0.2, 0) is 6.61 Å². The Morgan fingerprint density at radius 3 is 2.83 bits per heavy atom. The van der Waals surface area contributed by atoms with Crippen molar-refractivity contribution in [2.45, 2.75) is 20.5 Å². The molecule has 1 aromatic heterocycles. The van der Waals surface area contributed by atoms with E-state index in [0.29, 0.717) is 6.61 Å². The topological polar surface area (TPSA) is 86.0 Å². The van der Waals surface area contributed by atoms with E-state index < -0.39 is 0 Å². The minimum atomic E-state index is -0.0165. The highest BCUT2D eigenvalue weighted by Gasteiger charge is 2.44. The van der Waals surface area contributed by atoms with Gasteiger partial charge in [-0.05, 0) is 32.0 Å². The average Bonchev–Trinajstić information content (AvgIpc) is 3.16. The molecule has 1 atom stereocenters. The third-order valence-electron chi connectivity index (χ3n) is 5.28. The highest BCUT2D eigenvalue weighted by molar-refractivity contribution is 6.01. The van der Waals surface area contributed by atoms with Gasteiger partial charge in [0.2, 0.25) is 5.70 Å². The molecule has 0 radical (unpaired) electrons. The van der Waals surface area contributed by atoms with Gasteiger partial charge in [-0.15, -0.1) is 4.59 Å². The standard InChI is InChI=1S/C22H20N5O2/c1-14-19(15(2)29-26-14)13-28-18-8-4-7-17(11-18)22-25-21(16-5-3-6-16)20-12-24-9-10-27(20,22)23/h3-12H,13,23H2,1-2H3/q+1. The highest BCUT2D eigenvalue weighted by Crippen LogP contribution is 2.36. The summed E-state index contributed by atoms with van der Waals surface area (Å²) in [6.45, 7) is 4.18. The molecule has 0 spiro atoms. The molecule has 2 aromatic rings. The Morgan fingerprint density at radius 1 is 1.24 bits per heavy atom. The van der Waals surface area contributed by atoms with Crippen molar-refractivity contribution in [3.63, 3.8) is 0 Å². The number of hydrogen-bond donors (Lipinski definition) is 1. The fraction of sp³-hybridized carbons (Fsp3) is 0.136. The van der Waals surface area contributed by atoms with E-state index in [1.807, 2.05) is 62.5 Å². The molecule has 144 valence electrons. The van der Waals surface area contributed by atoms with Gasteiger partial charge in [0.15, 0.2) is 0 Å². The van der Waals surface area contributed by atoms with Gasteiger partial charge in [-0.1, -0.05) is 29.5 Å². The van der Waals surface area contributed by atoms with Gasteiger partial charge >= 0.3 is 0 Å². The molecule has 29 heavy (non-hydrogen) atoms. The van der Waals surface area contributed by atoms with Gasteiger partial charge in [0.25, 0.3) is 5.84 Å². The van der Waals surface area contributed by atoms with Crippen LogP contribution >= 0.6 is 0 Å². The van der Waals surface area contributed by atoms with E-state index in [-0.39, 0.29) is 4.59 Å². The lowest BCUT2D eigenvalue weighted by Crippen LogP contribution is -2.53. The van der Waals surface area contributed by atoms with Crippen molar-refractivity contribution >= 4 is 12.1 Å². The molecule has 2 aliphatic heterocycles. The van der Waals surface area contributed by atoms with Gasteiger partial charge in [-0.25, -0.2) is 0 Å². The molecule has 0 saturated carbocycles. The van der Waals surface area contributed by atoms with Crippen LogP contribution in [0.2, 0.25) is 0 Å². The third-order valence-corrected chi connectivity index (χ3v) is 5.28. The Hall–Kier alpha value is -3.55. The normalized spacial score (nSPS) is 21.8. The summed E-state index contributed by atoms with van der Waals surface area (Å²) in [5.41, 5.74) is 5.43. The van der Waals surface area contributed by atoms with Gasteiger partial charge in [0.1, 0.15) is 30.0 Å². The lowest BCUT2D eigenvalue weighted by atomic mass is 10.0. The number of aromatic nitrogens is 1. The molecule has 1 unspecified atom stereocenters. The summed E-state index contributed by atoms with van der Waals surface area (Å²) in [5.74, 6) is 8.96. The molecule has 0 fully saturated rings. The summed E-state index contributed by atoms with van der Waals surface area (Å²) in [6.07, 6.45) is 11.3. The van der Waals surface area contributed by atoms with Crippen molar-refractivity contribution < 1.29 is 13.9 Å². The SMILES string of the molecule is Cc1noc(C)c1COc1cccc(C2=NC(C3=CC=C3)=C3C=NC=C[N+]23N)c1. The molecule has 0 saturated heterocycles. The number of nitrogens with two attached hydrogens (primary N) is 1. The Kier molecular flexibility index (Phi) is 3.94. The first kappa shape index (κ1) is 17.5. The zero-order valence-electron chi connectivity index (χ0n) is 16.2. The van der Waals surface area contributed by atoms with Gasteiger partial charge in [0, 0.05) is 5.57 Å². The first-order chi connectivity index (χ1) is 14.1. The number of benzene rings is 1. The molecule has 3 aliphatic rings. The summed E-state index contributed by atoms with van der Waals surface area (Å²) in [7, 11) is 0. The van der Waals surface area contributed by atoms with Gasteiger partial charge in [-0.2, -0.15) is 10.8 Å². The summed E-state index contributed by atoms with van der Waals surface area (Å²) in [6, 6.07) is 7.79. The number of quaternary nitrogens is 1. The maximum atomic E-state index is 6.75. The summed E-state index contributed by atoms with van der Waals surface area (Å²) < 4.78 is 11.2. The molecular formula is C22H20N5O2+. The van der Waals surface area contributed by atoms with E-state index >= 15 is 0 Å². The zero-order chi connectivity index (χ0) is 20.0. The second kappa shape index (κ2) is 6.51. The minimum Gasteiger partial charge on any atom is -0.489 e. The Labute approximate surface area is 168 Å². The third kappa shape index (κ3) is 2.79. The minimum absolute atomic E-state index is 0.0165. The molecule has 3 heterocycles. The van der Waals surface area contributed by atoms with Crippen molar-refractivity contribution in [2.75, 3.05) is 0 Å². The van der Waals surface area contributed by atoms with Crippen LogP contribution in [0.5, 0.6) is 5.75 Å². The monoisotopic (exact) mass is 386 g/mol. The number of hydrogen-bond acceptors (Lipinski definition) is 6. The highest BCUT2D eigenvalue weighted by atomic mass is 16.5. The number of ether oxygens (including phenoxy) is 1. The molecule has 2 N–H and O–H groups in total. The lowest BCUT2D eigenvalue weighted by Gasteiger charge is -2.26. The molecule has 5 rings (SSSR count). The number of amidine groups is 1. The van der Waals surface area contributed by atoms with Crippen LogP contribution < -0.4 is 10.6 Å². The molecule has 7 nitrogen and oxygen atoms in total. The zero-order valence-corrected chi connectivity index (χ0v) is 16.2. The second-order valence-electron chi connectivity index (χ2n) is 7.12. The van der Waals surface area contributed by atoms with Crippen molar-refractivity contribution in [3.05, 3.63) is 94.4 Å². The summed E-state index contributed by atoms with van der Waals surface area (Å²) >= 11 is 0. The van der Waals surface area contributed by atoms with Gasteiger partial charge in [-0.3, -0.25) is 4.99 Å². The van der Waals surface area contributed by atoms with Crippen LogP contribution in [0.25, 0.3) is 0 Å². The average molecular weight is 386 g/mol. The Morgan fingerprint density at radius 2 is 2.10 bits per heavy atom. The van der Waals surface area contributed by atoms with Crippen molar-refractivity contribution in [3.8, 4) is 5.75 Å². The molecule has 0 bridgehead atoms. The first-order valence-electron chi connectivity index (χ1n) is 9.32. The van der Waals surface area contributed by atoms with E-state index in [4.69, 9.17) is 20.1 Å². The quantitative estimate of drug-likeness (QED) is 0.629. The second-order valence-corrected chi connectivity index (χ2v) is 7.12. The molecular weight excluding hydrogens is 366 g/mol. The van der Waals surface area contributed by atoms with Crippen molar-refractivity contribution in [2.24, 2.45) is 15.8 Å². The number of aliphatic imine (C=N–C) groups is 2. The maximum absolute atomic E-state index is 6.75. The van der Waals surface area contributed by atoms with Crippen molar-refractivity contribution in [1.82, 2.24) is 5.16 Å². The van der Waals surface area contributed by atoms with Crippen LogP contribution in [0.15, 0.2) is 86.4 Å². The maximum Gasteiger partial charge on any atom is 0.265 e. The van der Waals surface area contributed by atoms with Crippen molar-refractivity contribution in [1.29, 1.82) is 0 Å². The Balaban J connectivity index is 1.46. The molecule has 1 aromatic carbocycles. The smallest absolute Gasteiger partial charge is 0.265 e. The molecule has 1 aliphatic carbocycles. The summed E-state index contributed by atoms with van der Waals surface area (Å²) in [4.78, 5) is 9.13. The van der Waals surface area contributed by atoms with E-state index in [1.165, 1.54) is 0 Å². The summed E-state index contributed by atoms with van der Waals surface area (Å²) in [5, 5.41) is 3.97. The lowest BCUT2D eigenvalue weighted by molar-refractivity contribution is -0.750. The predicted octanol–water partition coefficient (Wildman–Crippen LogP) is 3.58. The largest absolute Gasteiger partial charge is 0.489 e. The van der Waals surface area contributed by atoms with Crippen LogP contribution in [0.4, 0.5) is 0 Å². The molecule has 7 heteroatoms. The fourth-order valence-corrected chi connectivity index (χ4v) is 3.53. The predicted molar refractivity (Wildman–Crippen MR) is 110 cm³/mol. The van der Waals surface area contributed by atoms with E-state index in [2.05, 4.69) is 10.1 Å². The number of rotatable bonds is 5. The van der Waals surface area contributed by atoms with Gasteiger partial charge < -0.3 is 9.26 Å².